The highest BCUT2D eigenvalue weighted by Crippen LogP contribution is 2.57. The molecule has 2 aliphatic heterocycles. The van der Waals surface area contributed by atoms with Gasteiger partial charge in [0.1, 0.15) is 41.7 Å². The minimum atomic E-state index is -5.08. The number of aliphatic carboxylic acids is 1. The van der Waals surface area contributed by atoms with Crippen molar-refractivity contribution in [1.29, 1.82) is 0 Å². The standard InChI is InChI=1S/C20H24N5O7P.C2HF3O2/c1-20(27)16(26)15(31-19(20)25-8-5-12-17(21)23-11-24-18(12)25)10-30-33(28)29-9-6-14(32-33)13-4-2-3-7-22-13;3-2(4,5)1(6)7/h2-5,7-8,11,14-16,19,26-27H,6,9-10H2,1H3,(H2,21,23,24);(H,6,7)/t14-,15+,16+,19+,20+,33+;/m0./s1. The summed E-state index contributed by atoms with van der Waals surface area (Å²) in [5, 5.41) is 29.5. The number of carbonyl (C=O) groups is 1. The number of aliphatic hydroxyl groups is 2. The molecule has 0 aromatic carbocycles. The highest BCUT2D eigenvalue weighted by Gasteiger charge is 2.54. The van der Waals surface area contributed by atoms with Gasteiger partial charge in [-0.05, 0) is 25.1 Å². The first-order chi connectivity index (χ1) is 18.7. The van der Waals surface area contributed by atoms with Crippen LogP contribution in [0.5, 0.6) is 0 Å². The smallest absolute Gasteiger partial charge is 0.475 e. The van der Waals surface area contributed by atoms with Gasteiger partial charge in [-0.25, -0.2) is 19.3 Å². The number of pyridine rings is 1. The molecule has 5 rings (SSSR count). The van der Waals surface area contributed by atoms with E-state index in [2.05, 4.69) is 15.0 Å². The molecule has 6 atom stereocenters. The fourth-order valence-corrected chi connectivity index (χ4v) is 5.45. The van der Waals surface area contributed by atoms with Crippen LogP contribution in [0.3, 0.4) is 0 Å². The van der Waals surface area contributed by atoms with Gasteiger partial charge in [-0.15, -0.1) is 0 Å². The first kappa shape index (κ1) is 29.8. The molecule has 0 saturated carbocycles. The monoisotopic (exact) mass is 591 g/mol. The molecule has 2 saturated heterocycles. The van der Waals surface area contributed by atoms with Crippen LogP contribution >= 0.6 is 7.82 Å². The number of anilines is 1. The van der Waals surface area contributed by atoms with Crippen molar-refractivity contribution in [3.8, 4) is 0 Å². The number of hydrogen-bond acceptors (Lipinski definition) is 12. The number of carboxylic acid groups (broad SMARTS) is 1. The molecule has 18 heteroatoms. The lowest BCUT2D eigenvalue weighted by Crippen LogP contribution is -2.44. The molecule has 2 aliphatic rings. The van der Waals surface area contributed by atoms with Gasteiger partial charge in [-0.3, -0.25) is 18.6 Å². The van der Waals surface area contributed by atoms with Crippen LogP contribution in [0.1, 0.15) is 31.4 Å². The number of fused-ring (bicyclic) bond motifs is 1. The zero-order chi connectivity index (χ0) is 29.3. The van der Waals surface area contributed by atoms with Crippen molar-refractivity contribution in [3.05, 3.63) is 48.7 Å². The van der Waals surface area contributed by atoms with Gasteiger partial charge in [-0.2, -0.15) is 13.2 Å². The second-order valence-corrected chi connectivity index (χ2v) is 10.6. The molecule has 0 bridgehead atoms. The Kier molecular flexibility index (Phi) is 8.46. The van der Waals surface area contributed by atoms with Gasteiger partial charge in [0.15, 0.2) is 6.23 Å². The molecule has 0 unspecified atom stereocenters. The third kappa shape index (κ3) is 6.25. The number of phosphoric acid groups is 1. The van der Waals surface area contributed by atoms with Crippen molar-refractivity contribution in [1.82, 2.24) is 19.5 Å². The largest absolute Gasteiger partial charge is 0.490 e. The molecule has 0 spiro atoms. The Morgan fingerprint density at radius 1 is 1.30 bits per heavy atom. The highest BCUT2D eigenvalue weighted by atomic mass is 31.2. The molecule has 0 radical (unpaired) electrons. The normalized spacial score (nSPS) is 30.6. The second-order valence-electron chi connectivity index (χ2n) is 8.93. The maximum absolute atomic E-state index is 13.0. The molecular formula is C22H25F3N5O9P. The molecule has 5 heterocycles. The summed E-state index contributed by atoms with van der Waals surface area (Å²) < 4.78 is 68.6. The first-order valence-corrected chi connectivity index (χ1v) is 13.1. The van der Waals surface area contributed by atoms with E-state index in [0.717, 1.165) is 0 Å². The SMILES string of the molecule is C[C@@]1(O)[C@H](O)[C@@H](CO[P@@]2(=O)OCC[C@@H](c3ccccn3)O2)O[C@H]1n1ccc2c(N)ncnc21.O=C(O)C(F)(F)F. The van der Waals surface area contributed by atoms with Crippen LogP contribution < -0.4 is 5.73 Å². The third-order valence-electron chi connectivity index (χ3n) is 6.09. The van der Waals surface area contributed by atoms with E-state index < -0.39 is 50.1 Å². The topological polar surface area (TPSA) is 201 Å². The van der Waals surface area contributed by atoms with Crippen LogP contribution in [-0.2, 0) is 27.7 Å². The van der Waals surface area contributed by atoms with Gasteiger partial charge < -0.3 is 30.4 Å². The summed E-state index contributed by atoms with van der Waals surface area (Å²) in [5.74, 6) is -2.48. The van der Waals surface area contributed by atoms with Gasteiger partial charge in [0.25, 0.3) is 0 Å². The number of nitrogens with zero attached hydrogens (tertiary/aromatic N) is 4. The zero-order valence-electron chi connectivity index (χ0n) is 20.7. The molecule has 5 N–H and O–H groups in total. The van der Waals surface area contributed by atoms with E-state index in [1.54, 1.807) is 41.2 Å². The van der Waals surface area contributed by atoms with Crippen molar-refractivity contribution >= 4 is 30.6 Å². The van der Waals surface area contributed by atoms with E-state index in [1.165, 1.54) is 13.3 Å². The minimum absolute atomic E-state index is 0.156. The molecule has 218 valence electrons. The van der Waals surface area contributed by atoms with Crippen LogP contribution in [0.2, 0.25) is 0 Å². The molecule has 0 aliphatic carbocycles. The van der Waals surface area contributed by atoms with E-state index in [9.17, 15) is 27.9 Å². The van der Waals surface area contributed by atoms with Crippen LogP contribution in [0, 0.1) is 0 Å². The number of nitrogens with two attached hydrogens (primary N) is 1. The Balaban J connectivity index is 0.000000470. The molecular weight excluding hydrogens is 566 g/mol. The number of carboxylic acids is 1. The lowest BCUT2D eigenvalue weighted by molar-refractivity contribution is -0.192. The summed E-state index contributed by atoms with van der Waals surface area (Å²) >= 11 is 0. The predicted molar refractivity (Wildman–Crippen MR) is 128 cm³/mol. The Morgan fingerprint density at radius 3 is 2.67 bits per heavy atom. The number of hydrogen-bond donors (Lipinski definition) is 4. The second kappa shape index (κ2) is 11.4. The highest BCUT2D eigenvalue weighted by molar-refractivity contribution is 7.48. The third-order valence-corrected chi connectivity index (χ3v) is 7.57. The lowest BCUT2D eigenvalue weighted by Gasteiger charge is -2.29. The summed E-state index contributed by atoms with van der Waals surface area (Å²) in [6.45, 7) is 1.26. The first-order valence-electron chi connectivity index (χ1n) is 11.6. The number of rotatable bonds is 5. The molecule has 0 amide bonds. The summed E-state index contributed by atoms with van der Waals surface area (Å²) in [6.07, 6.45) is -4.00. The number of aromatic nitrogens is 4. The van der Waals surface area contributed by atoms with Crippen molar-refractivity contribution < 1.29 is 56.2 Å². The maximum atomic E-state index is 13.0. The van der Waals surface area contributed by atoms with E-state index in [1.807, 2.05) is 0 Å². The summed E-state index contributed by atoms with van der Waals surface area (Å²) in [7, 11) is -3.94. The maximum Gasteiger partial charge on any atom is 0.490 e. The van der Waals surface area contributed by atoms with Crippen molar-refractivity contribution in [2.45, 2.75) is 49.7 Å². The van der Waals surface area contributed by atoms with Gasteiger partial charge in [0.2, 0.25) is 0 Å². The fourth-order valence-electron chi connectivity index (χ4n) is 4.07. The zero-order valence-corrected chi connectivity index (χ0v) is 21.6. The average Bonchev–Trinajstić information content (AvgIpc) is 3.42. The van der Waals surface area contributed by atoms with Crippen LogP contribution in [0.4, 0.5) is 19.0 Å². The number of aliphatic hydroxyl groups excluding tert-OH is 1. The molecule has 3 aromatic rings. The molecule has 40 heavy (non-hydrogen) atoms. The van der Waals surface area contributed by atoms with Crippen molar-refractivity contribution in [2.75, 3.05) is 18.9 Å². The lowest BCUT2D eigenvalue weighted by atomic mass is 9.96. The number of phosphoric ester groups is 1. The number of halogens is 3. The van der Waals surface area contributed by atoms with Gasteiger partial charge >= 0.3 is 20.0 Å². The minimum Gasteiger partial charge on any atom is -0.475 e. The summed E-state index contributed by atoms with van der Waals surface area (Å²) in [5.41, 5.74) is 5.23. The average molecular weight is 591 g/mol. The van der Waals surface area contributed by atoms with E-state index in [4.69, 9.17) is 33.9 Å². The van der Waals surface area contributed by atoms with E-state index in [-0.39, 0.29) is 19.0 Å². The summed E-state index contributed by atoms with van der Waals surface area (Å²) in [4.78, 5) is 21.3. The van der Waals surface area contributed by atoms with Crippen molar-refractivity contribution in [3.63, 3.8) is 0 Å². The number of alkyl halides is 3. The quantitative estimate of drug-likeness (QED) is 0.315. The van der Waals surface area contributed by atoms with Crippen molar-refractivity contribution in [2.24, 2.45) is 0 Å². The molecule has 2 fully saturated rings. The Labute approximate surface area is 224 Å². The molecule has 14 nitrogen and oxygen atoms in total. The van der Waals surface area contributed by atoms with Crippen LogP contribution in [0.25, 0.3) is 11.0 Å². The number of ether oxygens (including phenoxy) is 1. The summed E-state index contributed by atoms with van der Waals surface area (Å²) in [6, 6.07) is 7.04. The van der Waals surface area contributed by atoms with E-state index >= 15 is 0 Å². The van der Waals surface area contributed by atoms with Gasteiger partial charge in [0.05, 0.1) is 24.3 Å². The van der Waals surface area contributed by atoms with Crippen LogP contribution in [-0.4, -0.2) is 78.0 Å². The Hall–Kier alpha value is -3.18. The van der Waals surface area contributed by atoms with Gasteiger partial charge in [-0.1, -0.05) is 6.07 Å². The molecule has 3 aromatic heterocycles. The Bertz CT molecular complexity index is 1390. The predicted octanol–water partition coefficient (Wildman–Crippen LogP) is 2.35. The number of nitrogen functional groups attached to an aromatic ring is 1. The van der Waals surface area contributed by atoms with E-state index in [0.29, 0.717) is 23.1 Å². The fraction of sp³-hybridized carbons (Fsp3) is 0.455. The Morgan fingerprint density at radius 2 is 2.02 bits per heavy atom. The van der Waals surface area contributed by atoms with Gasteiger partial charge in [0, 0.05) is 18.8 Å². The van der Waals surface area contributed by atoms with Crippen LogP contribution in [0.15, 0.2) is 43.0 Å².